The van der Waals surface area contributed by atoms with Crippen LogP contribution in [0.5, 0.6) is 0 Å². The lowest BCUT2D eigenvalue weighted by Crippen LogP contribution is -2.47. The van der Waals surface area contributed by atoms with Gasteiger partial charge in [-0.25, -0.2) is 4.79 Å². The molecular weight excluding hydrogens is 348 g/mol. The molecule has 146 valence electrons. The molecule has 0 aliphatic heterocycles. The molecule has 0 aliphatic rings. The van der Waals surface area contributed by atoms with Crippen molar-refractivity contribution in [1.82, 2.24) is 0 Å². The van der Waals surface area contributed by atoms with Crippen molar-refractivity contribution in [3.63, 3.8) is 0 Å². The van der Waals surface area contributed by atoms with Gasteiger partial charge in [0.1, 0.15) is 37.1 Å². The largest absolute Gasteiger partial charge is 0.481 e. The molecule has 0 heterocycles. The highest BCUT2D eigenvalue weighted by atomic mass is 16.6. The third-order valence-electron chi connectivity index (χ3n) is 2.52. The second-order valence-corrected chi connectivity index (χ2v) is 4.77. The molecule has 0 aromatic rings. The molecule has 0 amide bonds. The standard InChI is InChI=1S/C9H16O8.C4H6O4/c1-4(11)9(16)17-3-6(13)8(15)7(14)5(12)2-10;5-3(6)1-2-4(7)8/h2,4-8,11-15H,3H2,1H3;1-2H2,(H,5,6)(H,7,8)/t4?,5-,6+,7+,8+;/m0./s1. The van der Waals surface area contributed by atoms with Crippen LogP contribution in [-0.2, 0) is 23.9 Å². The zero-order chi connectivity index (χ0) is 20.2. The van der Waals surface area contributed by atoms with Crippen molar-refractivity contribution < 1.29 is 59.7 Å². The summed E-state index contributed by atoms with van der Waals surface area (Å²) in [7, 11) is 0. The number of hydrogen-bond donors (Lipinski definition) is 7. The second kappa shape index (κ2) is 13.2. The van der Waals surface area contributed by atoms with Crippen LogP contribution in [0.15, 0.2) is 0 Å². The summed E-state index contributed by atoms with van der Waals surface area (Å²) >= 11 is 0. The van der Waals surface area contributed by atoms with Gasteiger partial charge in [-0.1, -0.05) is 0 Å². The molecule has 0 aliphatic carbocycles. The van der Waals surface area contributed by atoms with Crippen LogP contribution in [0.25, 0.3) is 0 Å². The molecule has 12 heteroatoms. The van der Waals surface area contributed by atoms with Crippen LogP contribution in [0.1, 0.15) is 19.8 Å². The van der Waals surface area contributed by atoms with E-state index in [0.717, 1.165) is 6.92 Å². The fourth-order valence-electron chi connectivity index (χ4n) is 1.11. The lowest BCUT2D eigenvalue weighted by atomic mass is 10.0. The Bertz CT molecular complexity index is 421. The number of esters is 1. The van der Waals surface area contributed by atoms with E-state index >= 15 is 0 Å². The molecule has 0 rings (SSSR count). The molecule has 0 aromatic carbocycles. The number of ether oxygens (including phenoxy) is 1. The molecule has 0 saturated heterocycles. The molecule has 0 spiro atoms. The van der Waals surface area contributed by atoms with Crippen molar-refractivity contribution in [2.24, 2.45) is 0 Å². The summed E-state index contributed by atoms with van der Waals surface area (Å²) in [6, 6.07) is 0. The number of carbonyl (C=O) groups excluding carboxylic acids is 2. The lowest BCUT2D eigenvalue weighted by molar-refractivity contribution is -0.163. The van der Waals surface area contributed by atoms with Gasteiger partial charge in [-0.2, -0.15) is 0 Å². The summed E-state index contributed by atoms with van der Waals surface area (Å²) in [5, 5.41) is 61.1. The molecular formula is C13H22O12. The van der Waals surface area contributed by atoms with Crippen LogP contribution in [0, 0.1) is 0 Å². The molecule has 12 nitrogen and oxygen atoms in total. The van der Waals surface area contributed by atoms with Gasteiger partial charge in [0.15, 0.2) is 6.29 Å². The van der Waals surface area contributed by atoms with E-state index in [0.29, 0.717) is 0 Å². The van der Waals surface area contributed by atoms with E-state index in [9.17, 15) is 29.4 Å². The van der Waals surface area contributed by atoms with Gasteiger partial charge < -0.3 is 45.3 Å². The van der Waals surface area contributed by atoms with Crippen molar-refractivity contribution >= 4 is 24.2 Å². The molecule has 7 N–H and O–H groups in total. The molecule has 5 atom stereocenters. The Morgan fingerprint density at radius 1 is 0.920 bits per heavy atom. The van der Waals surface area contributed by atoms with Crippen molar-refractivity contribution in [2.45, 2.75) is 50.3 Å². The average molecular weight is 370 g/mol. The molecule has 0 radical (unpaired) electrons. The van der Waals surface area contributed by atoms with Crippen LogP contribution >= 0.6 is 0 Å². The van der Waals surface area contributed by atoms with E-state index in [1.165, 1.54) is 0 Å². The van der Waals surface area contributed by atoms with E-state index < -0.39 is 55.0 Å². The highest BCUT2D eigenvalue weighted by Gasteiger charge is 2.31. The first-order valence-corrected chi connectivity index (χ1v) is 6.89. The summed E-state index contributed by atoms with van der Waals surface area (Å²) in [6.07, 6.45) is -9.29. The van der Waals surface area contributed by atoms with Gasteiger partial charge in [-0.15, -0.1) is 0 Å². The molecule has 25 heavy (non-hydrogen) atoms. The smallest absolute Gasteiger partial charge is 0.334 e. The summed E-state index contributed by atoms with van der Waals surface area (Å²) in [5.41, 5.74) is 0. The van der Waals surface area contributed by atoms with Crippen LogP contribution < -0.4 is 0 Å². The minimum absolute atomic E-state index is 0.0115. The predicted molar refractivity (Wildman–Crippen MR) is 77.2 cm³/mol. The monoisotopic (exact) mass is 370 g/mol. The van der Waals surface area contributed by atoms with Gasteiger partial charge in [-0.05, 0) is 6.92 Å². The maximum atomic E-state index is 10.8. The van der Waals surface area contributed by atoms with Crippen molar-refractivity contribution in [3.05, 3.63) is 0 Å². The Labute approximate surface area is 141 Å². The van der Waals surface area contributed by atoms with E-state index in [-0.39, 0.29) is 19.1 Å². The number of carboxylic acid groups (broad SMARTS) is 2. The predicted octanol–water partition coefficient (Wildman–Crippen LogP) is -3.51. The lowest BCUT2D eigenvalue weighted by Gasteiger charge is -2.23. The van der Waals surface area contributed by atoms with E-state index in [4.69, 9.17) is 25.5 Å². The maximum Gasteiger partial charge on any atom is 0.334 e. The first-order valence-electron chi connectivity index (χ1n) is 6.89. The molecule has 0 fully saturated rings. The van der Waals surface area contributed by atoms with Crippen molar-refractivity contribution in [2.75, 3.05) is 6.61 Å². The first-order chi connectivity index (χ1) is 11.4. The van der Waals surface area contributed by atoms with Crippen LogP contribution in [-0.4, -0.2) is 97.1 Å². The van der Waals surface area contributed by atoms with Crippen molar-refractivity contribution in [3.8, 4) is 0 Å². The topological polar surface area (TPSA) is 219 Å². The minimum Gasteiger partial charge on any atom is -0.481 e. The number of rotatable bonds is 10. The zero-order valence-electron chi connectivity index (χ0n) is 13.3. The van der Waals surface area contributed by atoms with Crippen LogP contribution in [0.3, 0.4) is 0 Å². The Balaban J connectivity index is 0. The number of carboxylic acids is 2. The normalized spacial score (nSPS) is 16.2. The van der Waals surface area contributed by atoms with Gasteiger partial charge in [0.05, 0.1) is 12.8 Å². The molecule has 0 saturated carbocycles. The second-order valence-electron chi connectivity index (χ2n) is 4.77. The number of carbonyl (C=O) groups is 4. The highest BCUT2D eigenvalue weighted by Crippen LogP contribution is 2.05. The van der Waals surface area contributed by atoms with Crippen molar-refractivity contribution in [1.29, 1.82) is 0 Å². The number of aliphatic hydroxyl groups excluding tert-OH is 5. The van der Waals surface area contributed by atoms with E-state index in [2.05, 4.69) is 4.74 Å². The van der Waals surface area contributed by atoms with Gasteiger partial charge in [-0.3, -0.25) is 9.59 Å². The van der Waals surface area contributed by atoms with Gasteiger partial charge in [0.25, 0.3) is 0 Å². The summed E-state index contributed by atoms with van der Waals surface area (Å²) in [6.45, 7) is 0.462. The third kappa shape index (κ3) is 12.9. The summed E-state index contributed by atoms with van der Waals surface area (Å²) in [5.74, 6) is -3.17. The summed E-state index contributed by atoms with van der Waals surface area (Å²) in [4.78, 5) is 40.2. The molecule has 0 bridgehead atoms. The Kier molecular flexibility index (Phi) is 13.3. The maximum absolute atomic E-state index is 10.8. The molecule has 0 aromatic heterocycles. The average Bonchev–Trinajstić information content (AvgIpc) is 2.55. The SMILES string of the molecule is CC(O)C(=O)OC[C@@H](O)[C@@H](O)[C@H](O)[C@@H](O)C=O.O=C(O)CCC(=O)O. The third-order valence-corrected chi connectivity index (χ3v) is 2.52. The number of aldehydes is 1. The van der Waals surface area contributed by atoms with Crippen LogP contribution in [0.2, 0.25) is 0 Å². The van der Waals surface area contributed by atoms with E-state index in [1.54, 1.807) is 0 Å². The minimum atomic E-state index is -1.90. The number of aliphatic hydroxyl groups is 5. The van der Waals surface area contributed by atoms with Crippen LogP contribution in [0.4, 0.5) is 0 Å². The molecule has 1 unspecified atom stereocenters. The van der Waals surface area contributed by atoms with Gasteiger partial charge in [0.2, 0.25) is 0 Å². The van der Waals surface area contributed by atoms with E-state index in [1.807, 2.05) is 0 Å². The zero-order valence-corrected chi connectivity index (χ0v) is 13.3. The van der Waals surface area contributed by atoms with Gasteiger partial charge >= 0.3 is 17.9 Å². The number of aliphatic carboxylic acids is 2. The number of hydrogen-bond acceptors (Lipinski definition) is 10. The fourth-order valence-corrected chi connectivity index (χ4v) is 1.11. The quantitative estimate of drug-likeness (QED) is 0.147. The highest BCUT2D eigenvalue weighted by molar-refractivity contribution is 5.75. The summed E-state index contributed by atoms with van der Waals surface area (Å²) < 4.78 is 4.37. The Morgan fingerprint density at radius 2 is 1.36 bits per heavy atom. The Hall–Kier alpha value is -2.12. The fraction of sp³-hybridized carbons (Fsp3) is 0.692. The van der Waals surface area contributed by atoms with Gasteiger partial charge in [0, 0.05) is 0 Å². The first kappa shape index (κ1) is 25.1. The Morgan fingerprint density at radius 3 is 1.68 bits per heavy atom.